The van der Waals surface area contributed by atoms with Crippen LogP contribution in [0.4, 0.5) is 5.69 Å². The van der Waals surface area contributed by atoms with Crippen molar-refractivity contribution >= 4 is 11.7 Å². The van der Waals surface area contributed by atoms with Crippen LogP contribution in [-0.4, -0.2) is 30.8 Å². The molecule has 0 radical (unpaired) electrons. The van der Waals surface area contributed by atoms with E-state index >= 15 is 0 Å². The van der Waals surface area contributed by atoms with E-state index in [0.717, 1.165) is 11.8 Å². The first-order chi connectivity index (χ1) is 9.08. The molecule has 0 spiro atoms. The average molecular weight is 262 g/mol. The number of nitrogens with zero attached hydrogens (tertiary/aromatic N) is 4. The van der Waals surface area contributed by atoms with Gasteiger partial charge in [0.05, 0.1) is 4.92 Å². The second kappa shape index (κ2) is 5.25. The maximum atomic E-state index is 10.8. The molecule has 0 aliphatic rings. The summed E-state index contributed by atoms with van der Waals surface area (Å²) < 4.78 is 1.27. The normalized spacial score (nSPS) is 10.3. The minimum absolute atomic E-state index is 0.359. The first kappa shape index (κ1) is 12.7. The summed E-state index contributed by atoms with van der Waals surface area (Å²) in [6.07, 6.45) is 5.00. The molecular weight excluding hydrogens is 252 g/mol. The molecule has 0 aromatic carbocycles. The van der Waals surface area contributed by atoms with Gasteiger partial charge in [0.15, 0.2) is 0 Å². The molecule has 2 aromatic heterocycles. The molecule has 2 rings (SSSR count). The van der Waals surface area contributed by atoms with E-state index < -0.39 is 22.3 Å². The van der Waals surface area contributed by atoms with Crippen LogP contribution in [-0.2, 0) is 13.0 Å². The van der Waals surface area contributed by atoms with Gasteiger partial charge in [-0.25, -0.2) is 4.79 Å². The number of hydrogen-bond acceptors (Lipinski definition) is 5. The fourth-order valence-electron chi connectivity index (χ4n) is 1.60. The van der Waals surface area contributed by atoms with E-state index in [4.69, 9.17) is 5.11 Å². The van der Waals surface area contributed by atoms with E-state index in [1.54, 1.807) is 12.4 Å². The number of aromatic nitrogens is 3. The van der Waals surface area contributed by atoms with Crippen LogP contribution in [0.25, 0.3) is 0 Å². The Morgan fingerprint density at radius 1 is 1.42 bits per heavy atom. The zero-order chi connectivity index (χ0) is 13.8. The Hall–Kier alpha value is -2.77. The number of hydrogen-bond donors (Lipinski definition) is 1. The van der Waals surface area contributed by atoms with E-state index in [0.29, 0.717) is 13.0 Å². The van der Waals surface area contributed by atoms with E-state index in [1.165, 1.54) is 4.68 Å². The molecule has 0 fully saturated rings. The van der Waals surface area contributed by atoms with Gasteiger partial charge in [0.1, 0.15) is 6.20 Å². The molecule has 2 heterocycles. The number of nitro groups is 1. The summed E-state index contributed by atoms with van der Waals surface area (Å²) in [6, 6.07) is 3.63. The van der Waals surface area contributed by atoms with Crippen LogP contribution in [0.5, 0.6) is 0 Å². The Balaban J connectivity index is 2.15. The van der Waals surface area contributed by atoms with Crippen LogP contribution in [0.15, 0.2) is 30.7 Å². The van der Waals surface area contributed by atoms with Crippen molar-refractivity contribution in [2.24, 2.45) is 0 Å². The van der Waals surface area contributed by atoms with Crippen LogP contribution in [0, 0.1) is 10.1 Å². The van der Waals surface area contributed by atoms with Gasteiger partial charge in [0.25, 0.3) is 0 Å². The second-order valence-corrected chi connectivity index (χ2v) is 3.79. The number of rotatable bonds is 5. The van der Waals surface area contributed by atoms with Crippen molar-refractivity contribution in [2.75, 3.05) is 0 Å². The molecule has 1 N–H and O–H groups in total. The van der Waals surface area contributed by atoms with E-state index in [2.05, 4.69) is 10.1 Å². The molecule has 19 heavy (non-hydrogen) atoms. The Morgan fingerprint density at radius 3 is 2.63 bits per heavy atom. The van der Waals surface area contributed by atoms with Gasteiger partial charge in [-0.2, -0.15) is 5.10 Å². The number of aromatic carboxylic acids is 1. The van der Waals surface area contributed by atoms with Crippen molar-refractivity contribution in [3.8, 4) is 0 Å². The lowest BCUT2D eigenvalue weighted by atomic mass is 10.2. The molecule has 98 valence electrons. The predicted octanol–water partition coefficient (Wildman–Crippen LogP) is 1.13. The highest BCUT2D eigenvalue weighted by atomic mass is 16.6. The molecule has 0 bridgehead atoms. The van der Waals surface area contributed by atoms with Gasteiger partial charge < -0.3 is 5.11 Å². The zero-order valence-corrected chi connectivity index (χ0v) is 9.76. The number of pyridine rings is 1. The summed E-state index contributed by atoms with van der Waals surface area (Å²) in [7, 11) is 0. The fraction of sp³-hybridized carbons (Fsp3) is 0.182. The largest absolute Gasteiger partial charge is 0.476 e. The van der Waals surface area contributed by atoms with E-state index in [1.807, 2.05) is 12.1 Å². The molecule has 0 saturated carbocycles. The summed E-state index contributed by atoms with van der Waals surface area (Å²) in [4.78, 5) is 24.6. The summed E-state index contributed by atoms with van der Waals surface area (Å²) in [5.41, 5.74) is -0.0491. The van der Waals surface area contributed by atoms with Crippen LogP contribution in [0.2, 0.25) is 0 Å². The van der Waals surface area contributed by atoms with Crippen molar-refractivity contribution in [1.82, 2.24) is 14.8 Å². The Labute approximate surface area is 107 Å². The first-order valence-corrected chi connectivity index (χ1v) is 5.42. The summed E-state index contributed by atoms with van der Waals surface area (Å²) >= 11 is 0. The van der Waals surface area contributed by atoms with Gasteiger partial charge in [0.2, 0.25) is 5.69 Å². The molecule has 0 saturated heterocycles. The minimum atomic E-state index is -1.41. The van der Waals surface area contributed by atoms with Crippen molar-refractivity contribution in [1.29, 1.82) is 0 Å². The van der Waals surface area contributed by atoms with Crippen molar-refractivity contribution in [2.45, 2.75) is 13.0 Å². The Bertz CT molecular complexity index is 577. The van der Waals surface area contributed by atoms with Gasteiger partial charge in [-0.05, 0) is 24.1 Å². The highest BCUT2D eigenvalue weighted by Crippen LogP contribution is 2.16. The lowest BCUT2D eigenvalue weighted by Gasteiger charge is -2.00. The third kappa shape index (κ3) is 2.92. The van der Waals surface area contributed by atoms with Gasteiger partial charge in [-0.3, -0.25) is 19.8 Å². The number of carboxylic acids is 1. The third-order valence-electron chi connectivity index (χ3n) is 2.52. The molecular formula is C11H10N4O4. The average Bonchev–Trinajstić information content (AvgIpc) is 2.82. The highest BCUT2D eigenvalue weighted by Gasteiger charge is 2.24. The first-order valence-electron chi connectivity index (χ1n) is 5.42. The molecule has 8 heteroatoms. The van der Waals surface area contributed by atoms with Gasteiger partial charge in [-0.1, -0.05) is 0 Å². The zero-order valence-electron chi connectivity index (χ0n) is 9.76. The maximum absolute atomic E-state index is 10.8. The van der Waals surface area contributed by atoms with E-state index in [-0.39, 0.29) is 0 Å². The topological polar surface area (TPSA) is 111 Å². The third-order valence-corrected chi connectivity index (χ3v) is 2.52. The minimum Gasteiger partial charge on any atom is -0.476 e. The number of carbonyl (C=O) groups is 1. The van der Waals surface area contributed by atoms with Crippen LogP contribution >= 0.6 is 0 Å². The van der Waals surface area contributed by atoms with Gasteiger partial charge >= 0.3 is 11.7 Å². The smallest absolute Gasteiger partial charge is 0.363 e. The van der Waals surface area contributed by atoms with Crippen molar-refractivity contribution in [3.63, 3.8) is 0 Å². The van der Waals surface area contributed by atoms with Crippen LogP contribution in [0.3, 0.4) is 0 Å². The summed E-state index contributed by atoms with van der Waals surface area (Å²) in [6.45, 7) is 0.359. The lowest BCUT2D eigenvalue weighted by molar-refractivity contribution is -0.385. The quantitative estimate of drug-likeness (QED) is 0.638. The molecule has 8 nitrogen and oxygen atoms in total. The lowest BCUT2D eigenvalue weighted by Crippen LogP contribution is -2.05. The molecule has 0 amide bonds. The Morgan fingerprint density at radius 2 is 2.11 bits per heavy atom. The highest BCUT2D eigenvalue weighted by molar-refractivity contribution is 5.89. The monoisotopic (exact) mass is 262 g/mol. The maximum Gasteiger partial charge on any atom is 0.363 e. The number of carboxylic acid groups (broad SMARTS) is 1. The van der Waals surface area contributed by atoms with Crippen LogP contribution < -0.4 is 0 Å². The van der Waals surface area contributed by atoms with Gasteiger partial charge in [-0.15, -0.1) is 0 Å². The summed E-state index contributed by atoms with van der Waals surface area (Å²) in [5, 5.41) is 23.2. The molecule has 0 aliphatic carbocycles. The standard InChI is InChI=1S/C11H10N4O4/c16-11(17)10-9(15(18)19)7-14(13-10)6-3-8-1-4-12-5-2-8/h1-2,4-5,7H,3,6H2,(H,16,17). The van der Waals surface area contributed by atoms with E-state index in [9.17, 15) is 14.9 Å². The number of aryl methyl sites for hydroxylation is 2. The van der Waals surface area contributed by atoms with Gasteiger partial charge in [0, 0.05) is 18.9 Å². The van der Waals surface area contributed by atoms with Crippen molar-refractivity contribution in [3.05, 3.63) is 52.1 Å². The molecule has 0 aliphatic heterocycles. The fourth-order valence-corrected chi connectivity index (χ4v) is 1.60. The SMILES string of the molecule is O=C(O)c1nn(CCc2ccncc2)cc1[N+](=O)[O-]. The summed E-state index contributed by atoms with van der Waals surface area (Å²) in [5.74, 6) is -1.41. The van der Waals surface area contributed by atoms with Crippen LogP contribution in [0.1, 0.15) is 16.1 Å². The second-order valence-electron chi connectivity index (χ2n) is 3.79. The van der Waals surface area contributed by atoms with Crippen molar-refractivity contribution < 1.29 is 14.8 Å². The molecule has 2 aromatic rings. The molecule has 0 unspecified atom stereocenters. The predicted molar refractivity (Wildman–Crippen MR) is 63.8 cm³/mol. The molecule has 0 atom stereocenters. The Kier molecular flexibility index (Phi) is 3.51.